The fourth-order valence-corrected chi connectivity index (χ4v) is 2.38. The van der Waals surface area contributed by atoms with E-state index in [4.69, 9.17) is 4.74 Å². The summed E-state index contributed by atoms with van der Waals surface area (Å²) in [6.07, 6.45) is 0. The number of benzene rings is 2. The third-order valence-electron chi connectivity index (χ3n) is 4.13. The molecule has 0 saturated carbocycles. The summed E-state index contributed by atoms with van der Waals surface area (Å²) in [6.45, 7) is 4.54. The lowest BCUT2D eigenvalue weighted by Crippen LogP contribution is -2.40. The number of aryl methyl sites for hydroxylation is 1. The van der Waals surface area contributed by atoms with Crippen LogP contribution in [0, 0.1) is 17.0 Å². The lowest BCUT2D eigenvalue weighted by Gasteiger charge is -2.25. The van der Waals surface area contributed by atoms with Crippen molar-refractivity contribution in [3.8, 4) is 5.75 Å². The van der Waals surface area contributed by atoms with Gasteiger partial charge >= 0.3 is 6.03 Å². The number of amides is 2. The van der Waals surface area contributed by atoms with E-state index in [0.717, 1.165) is 11.3 Å². The van der Waals surface area contributed by atoms with Crippen molar-refractivity contribution in [2.24, 2.45) is 0 Å². The third kappa shape index (κ3) is 5.20. The van der Waals surface area contributed by atoms with E-state index in [1.54, 1.807) is 19.2 Å². The summed E-state index contributed by atoms with van der Waals surface area (Å²) in [4.78, 5) is 24.2. The smallest absolute Gasteiger partial charge is 0.317 e. The van der Waals surface area contributed by atoms with Gasteiger partial charge in [0, 0.05) is 19.2 Å². The van der Waals surface area contributed by atoms with Gasteiger partial charge in [0.1, 0.15) is 12.4 Å². The van der Waals surface area contributed by atoms with Gasteiger partial charge in [-0.25, -0.2) is 4.79 Å². The van der Waals surface area contributed by atoms with Crippen molar-refractivity contribution in [2.75, 3.05) is 20.2 Å². The molecular weight excluding hydrogens is 334 g/mol. The standard InChI is InChI=1S/C19H23N3O4/c1-14-7-9-18(10-8-14)26-12-11-20-19(23)21(3)15(2)16-5-4-6-17(13-16)22(24)25/h4-10,13,15H,11-12H2,1-3H3,(H,20,23). The van der Waals surface area contributed by atoms with Gasteiger partial charge in [-0.15, -0.1) is 0 Å². The van der Waals surface area contributed by atoms with Crippen LogP contribution >= 0.6 is 0 Å². The van der Waals surface area contributed by atoms with Crippen LogP contribution in [0.15, 0.2) is 48.5 Å². The van der Waals surface area contributed by atoms with Crippen LogP contribution in [-0.2, 0) is 0 Å². The fraction of sp³-hybridized carbons (Fsp3) is 0.316. The van der Waals surface area contributed by atoms with Crippen molar-refractivity contribution in [1.82, 2.24) is 10.2 Å². The van der Waals surface area contributed by atoms with Crippen molar-refractivity contribution < 1.29 is 14.5 Å². The zero-order chi connectivity index (χ0) is 19.1. The number of rotatable bonds is 7. The molecule has 0 radical (unpaired) electrons. The van der Waals surface area contributed by atoms with Crippen molar-refractivity contribution in [2.45, 2.75) is 19.9 Å². The van der Waals surface area contributed by atoms with E-state index < -0.39 is 4.92 Å². The van der Waals surface area contributed by atoms with Gasteiger partial charge in [0.05, 0.1) is 17.5 Å². The largest absolute Gasteiger partial charge is 0.492 e. The van der Waals surface area contributed by atoms with Crippen molar-refractivity contribution in [3.63, 3.8) is 0 Å². The van der Waals surface area contributed by atoms with E-state index in [1.165, 1.54) is 17.0 Å². The molecule has 2 aromatic carbocycles. The molecule has 0 saturated heterocycles. The molecule has 2 amide bonds. The molecule has 0 aromatic heterocycles. The Morgan fingerprint density at radius 2 is 1.96 bits per heavy atom. The highest BCUT2D eigenvalue weighted by Crippen LogP contribution is 2.22. The minimum atomic E-state index is -0.446. The van der Waals surface area contributed by atoms with Gasteiger partial charge in [-0.2, -0.15) is 0 Å². The molecule has 0 aliphatic carbocycles. The van der Waals surface area contributed by atoms with Crippen LogP contribution in [0.5, 0.6) is 5.75 Å². The monoisotopic (exact) mass is 357 g/mol. The normalized spacial score (nSPS) is 11.5. The second-order valence-corrected chi connectivity index (χ2v) is 6.03. The molecule has 0 aliphatic rings. The van der Waals surface area contributed by atoms with E-state index in [1.807, 2.05) is 38.1 Å². The topological polar surface area (TPSA) is 84.7 Å². The van der Waals surface area contributed by atoms with E-state index in [2.05, 4.69) is 5.32 Å². The fourth-order valence-electron chi connectivity index (χ4n) is 2.38. The second-order valence-electron chi connectivity index (χ2n) is 6.03. The lowest BCUT2D eigenvalue weighted by atomic mass is 10.1. The molecule has 7 nitrogen and oxygen atoms in total. The summed E-state index contributed by atoms with van der Waals surface area (Å²) in [6, 6.07) is 13.4. The summed E-state index contributed by atoms with van der Waals surface area (Å²) in [5.41, 5.74) is 1.87. The van der Waals surface area contributed by atoms with Crippen LogP contribution in [0.25, 0.3) is 0 Å². The molecule has 0 heterocycles. The number of hydrogen-bond acceptors (Lipinski definition) is 4. The van der Waals surface area contributed by atoms with Crippen molar-refractivity contribution in [3.05, 3.63) is 69.8 Å². The molecule has 2 aromatic rings. The predicted molar refractivity (Wildman–Crippen MR) is 99.3 cm³/mol. The van der Waals surface area contributed by atoms with E-state index in [9.17, 15) is 14.9 Å². The molecule has 2 rings (SSSR count). The summed E-state index contributed by atoms with van der Waals surface area (Å²) >= 11 is 0. The number of nitro benzene ring substituents is 1. The average Bonchev–Trinajstić information content (AvgIpc) is 2.65. The molecule has 7 heteroatoms. The van der Waals surface area contributed by atoms with E-state index in [-0.39, 0.29) is 17.8 Å². The first-order valence-corrected chi connectivity index (χ1v) is 8.33. The Morgan fingerprint density at radius 1 is 1.27 bits per heavy atom. The third-order valence-corrected chi connectivity index (χ3v) is 4.13. The number of hydrogen-bond donors (Lipinski definition) is 1. The van der Waals surface area contributed by atoms with E-state index in [0.29, 0.717) is 18.7 Å². The summed E-state index contributed by atoms with van der Waals surface area (Å²) in [7, 11) is 1.65. The molecule has 0 spiro atoms. The maximum atomic E-state index is 12.3. The van der Waals surface area contributed by atoms with Gasteiger partial charge < -0.3 is 15.0 Å². The zero-order valence-electron chi connectivity index (χ0n) is 15.1. The predicted octanol–water partition coefficient (Wildman–Crippen LogP) is 3.68. The maximum Gasteiger partial charge on any atom is 0.317 e. The van der Waals surface area contributed by atoms with Gasteiger partial charge in [0.2, 0.25) is 0 Å². The number of nitro groups is 1. The number of urea groups is 1. The lowest BCUT2D eigenvalue weighted by molar-refractivity contribution is -0.384. The van der Waals surface area contributed by atoms with Gasteiger partial charge in [-0.05, 0) is 31.5 Å². The minimum Gasteiger partial charge on any atom is -0.492 e. The van der Waals surface area contributed by atoms with Crippen LogP contribution in [-0.4, -0.2) is 36.1 Å². The highest BCUT2D eigenvalue weighted by atomic mass is 16.6. The molecule has 1 N–H and O–H groups in total. The van der Waals surface area contributed by atoms with Crippen molar-refractivity contribution >= 4 is 11.7 Å². The number of nitrogens with zero attached hydrogens (tertiary/aromatic N) is 2. The molecule has 26 heavy (non-hydrogen) atoms. The highest BCUT2D eigenvalue weighted by molar-refractivity contribution is 5.74. The first-order chi connectivity index (χ1) is 12.4. The number of carbonyl (C=O) groups excluding carboxylic acids is 1. The Morgan fingerprint density at radius 3 is 2.62 bits per heavy atom. The molecule has 0 aliphatic heterocycles. The summed E-state index contributed by atoms with van der Waals surface area (Å²) in [5.74, 6) is 0.753. The van der Waals surface area contributed by atoms with Crippen molar-refractivity contribution in [1.29, 1.82) is 0 Å². The summed E-state index contributed by atoms with van der Waals surface area (Å²) < 4.78 is 5.57. The molecule has 1 unspecified atom stereocenters. The maximum absolute atomic E-state index is 12.3. The van der Waals surface area contributed by atoms with Crippen LogP contribution in [0.4, 0.5) is 10.5 Å². The Balaban J connectivity index is 1.83. The molecule has 138 valence electrons. The Bertz CT molecular complexity index is 762. The molecule has 0 fully saturated rings. The number of carbonyl (C=O) groups is 1. The van der Waals surface area contributed by atoms with Gasteiger partial charge in [-0.3, -0.25) is 10.1 Å². The molecular formula is C19H23N3O4. The van der Waals surface area contributed by atoms with Gasteiger partial charge in [0.15, 0.2) is 0 Å². The Labute approximate surface area is 152 Å². The molecule has 0 bridgehead atoms. The quantitative estimate of drug-likeness (QED) is 0.465. The molecule has 1 atom stereocenters. The number of ether oxygens (including phenoxy) is 1. The van der Waals surface area contributed by atoms with Crippen LogP contribution < -0.4 is 10.1 Å². The summed E-state index contributed by atoms with van der Waals surface area (Å²) in [5, 5.41) is 13.7. The first kappa shape index (κ1) is 19.2. The first-order valence-electron chi connectivity index (χ1n) is 8.33. The van der Waals surface area contributed by atoms with Gasteiger partial charge in [-0.1, -0.05) is 29.8 Å². The zero-order valence-corrected chi connectivity index (χ0v) is 15.1. The highest BCUT2D eigenvalue weighted by Gasteiger charge is 2.19. The minimum absolute atomic E-state index is 0.00894. The SMILES string of the molecule is Cc1ccc(OCCNC(=O)N(C)C(C)c2cccc([N+](=O)[O-])c2)cc1. The van der Waals surface area contributed by atoms with Gasteiger partial charge in [0.25, 0.3) is 5.69 Å². The second kappa shape index (κ2) is 8.84. The van der Waals surface area contributed by atoms with E-state index >= 15 is 0 Å². The Hall–Kier alpha value is -3.09. The van der Waals surface area contributed by atoms with Crippen LogP contribution in [0.3, 0.4) is 0 Å². The Kier molecular flexibility index (Phi) is 6.54. The van der Waals surface area contributed by atoms with Crippen LogP contribution in [0.1, 0.15) is 24.1 Å². The average molecular weight is 357 g/mol. The number of non-ortho nitro benzene ring substituents is 1. The van der Waals surface area contributed by atoms with Crippen LogP contribution in [0.2, 0.25) is 0 Å². The number of nitrogens with one attached hydrogen (secondary N) is 1.